The number of hydrogen-bond acceptors (Lipinski definition) is 2. The van der Waals surface area contributed by atoms with Gasteiger partial charge in [-0.25, -0.2) is 0 Å². The predicted molar refractivity (Wildman–Crippen MR) is 63.9 cm³/mol. The molecule has 1 fully saturated rings. The van der Waals surface area contributed by atoms with Crippen molar-refractivity contribution in [2.45, 2.75) is 53.0 Å². The Balaban J connectivity index is 2.39. The molecule has 0 spiro atoms. The predicted octanol–water partition coefficient (Wildman–Crippen LogP) is 2.72. The second kappa shape index (κ2) is 5.64. The minimum absolute atomic E-state index is 0.208. The first-order valence-corrected chi connectivity index (χ1v) is 6.27. The van der Waals surface area contributed by atoms with Gasteiger partial charge in [0.2, 0.25) is 0 Å². The van der Waals surface area contributed by atoms with E-state index < -0.39 is 0 Å². The molecule has 0 radical (unpaired) electrons. The zero-order chi connectivity index (χ0) is 11.4. The third-order valence-corrected chi connectivity index (χ3v) is 3.41. The Morgan fingerprint density at radius 2 is 2.00 bits per heavy atom. The molecule has 2 heteroatoms. The van der Waals surface area contributed by atoms with E-state index in [9.17, 15) is 4.79 Å². The van der Waals surface area contributed by atoms with Crippen LogP contribution in [0.25, 0.3) is 0 Å². The Morgan fingerprint density at radius 1 is 1.33 bits per heavy atom. The second-order valence-corrected chi connectivity index (χ2v) is 5.42. The maximum Gasteiger partial charge on any atom is 0.135 e. The fourth-order valence-corrected chi connectivity index (χ4v) is 2.25. The first-order chi connectivity index (χ1) is 7.00. The van der Waals surface area contributed by atoms with Gasteiger partial charge in [0.05, 0.1) is 0 Å². The van der Waals surface area contributed by atoms with Gasteiger partial charge in [0.25, 0.3) is 0 Å². The van der Waals surface area contributed by atoms with Crippen LogP contribution < -0.4 is 0 Å². The van der Waals surface area contributed by atoms with Crippen LogP contribution in [-0.2, 0) is 4.79 Å². The van der Waals surface area contributed by atoms with Crippen molar-refractivity contribution in [2.24, 2.45) is 11.8 Å². The van der Waals surface area contributed by atoms with Crippen molar-refractivity contribution >= 4 is 5.78 Å². The summed E-state index contributed by atoms with van der Waals surface area (Å²) in [6, 6.07) is 0.627. The molecule has 2 nitrogen and oxygen atoms in total. The smallest absolute Gasteiger partial charge is 0.135 e. The molecule has 0 amide bonds. The highest BCUT2D eigenvalue weighted by Gasteiger charge is 2.24. The van der Waals surface area contributed by atoms with Gasteiger partial charge in [0.15, 0.2) is 0 Å². The lowest BCUT2D eigenvalue weighted by Crippen LogP contribution is -2.40. The monoisotopic (exact) mass is 211 g/mol. The van der Waals surface area contributed by atoms with E-state index in [1.807, 2.05) is 13.8 Å². The van der Waals surface area contributed by atoms with Gasteiger partial charge in [-0.05, 0) is 39.2 Å². The van der Waals surface area contributed by atoms with Crippen LogP contribution in [0.5, 0.6) is 0 Å². The molecule has 1 rings (SSSR count). The van der Waals surface area contributed by atoms with E-state index in [4.69, 9.17) is 0 Å². The molecule has 0 aliphatic carbocycles. The number of carbonyl (C=O) groups is 1. The van der Waals surface area contributed by atoms with E-state index in [-0.39, 0.29) is 5.92 Å². The van der Waals surface area contributed by atoms with Crippen LogP contribution in [0.4, 0.5) is 0 Å². The summed E-state index contributed by atoms with van der Waals surface area (Å²) in [4.78, 5) is 14.2. The van der Waals surface area contributed by atoms with E-state index in [1.165, 1.54) is 19.4 Å². The van der Waals surface area contributed by atoms with Crippen molar-refractivity contribution in [1.29, 1.82) is 0 Å². The molecular weight excluding hydrogens is 186 g/mol. The van der Waals surface area contributed by atoms with Gasteiger partial charge in [0.1, 0.15) is 5.78 Å². The maximum atomic E-state index is 11.7. The van der Waals surface area contributed by atoms with Gasteiger partial charge >= 0.3 is 0 Å². The molecule has 0 unspecified atom stereocenters. The molecule has 0 aromatic rings. The van der Waals surface area contributed by atoms with Crippen LogP contribution in [-0.4, -0.2) is 29.8 Å². The number of ketones is 1. The molecule has 1 heterocycles. The number of carbonyl (C=O) groups excluding carboxylic acids is 1. The SMILES string of the molecule is CC(C)C(=O)C[C@H]1CCCN(C(C)C)C1. The molecule has 1 atom stereocenters. The lowest BCUT2D eigenvalue weighted by molar-refractivity contribution is -0.123. The minimum atomic E-state index is 0.208. The number of rotatable bonds is 4. The zero-order valence-electron chi connectivity index (χ0n) is 10.6. The molecule has 0 aromatic carbocycles. The molecule has 0 saturated carbocycles. The molecular formula is C13H25NO. The third kappa shape index (κ3) is 3.94. The minimum Gasteiger partial charge on any atom is -0.301 e. The normalized spacial score (nSPS) is 23.7. The fourth-order valence-electron chi connectivity index (χ4n) is 2.25. The second-order valence-electron chi connectivity index (χ2n) is 5.42. The van der Waals surface area contributed by atoms with Gasteiger partial charge in [-0.15, -0.1) is 0 Å². The van der Waals surface area contributed by atoms with Crippen molar-refractivity contribution in [3.63, 3.8) is 0 Å². The molecule has 1 aliphatic rings. The first kappa shape index (κ1) is 12.7. The van der Waals surface area contributed by atoms with E-state index in [0.717, 1.165) is 13.0 Å². The molecule has 0 bridgehead atoms. The molecule has 1 aliphatic heterocycles. The third-order valence-electron chi connectivity index (χ3n) is 3.41. The Kier molecular flexibility index (Phi) is 4.78. The quantitative estimate of drug-likeness (QED) is 0.712. The first-order valence-electron chi connectivity index (χ1n) is 6.27. The van der Waals surface area contributed by atoms with Crippen LogP contribution in [0.2, 0.25) is 0 Å². The number of likely N-dealkylation sites (tertiary alicyclic amines) is 1. The van der Waals surface area contributed by atoms with Gasteiger partial charge in [-0.3, -0.25) is 4.79 Å². The summed E-state index contributed by atoms with van der Waals surface area (Å²) >= 11 is 0. The lowest BCUT2D eigenvalue weighted by atomic mass is 9.89. The van der Waals surface area contributed by atoms with E-state index >= 15 is 0 Å². The maximum absolute atomic E-state index is 11.7. The highest BCUT2D eigenvalue weighted by molar-refractivity contribution is 5.80. The average molecular weight is 211 g/mol. The Morgan fingerprint density at radius 3 is 2.53 bits per heavy atom. The number of hydrogen-bond donors (Lipinski definition) is 0. The van der Waals surface area contributed by atoms with Gasteiger partial charge < -0.3 is 4.90 Å². The number of piperidine rings is 1. The highest BCUT2D eigenvalue weighted by Crippen LogP contribution is 2.22. The summed E-state index contributed by atoms with van der Waals surface area (Å²) in [5.41, 5.74) is 0. The van der Waals surface area contributed by atoms with Gasteiger partial charge in [-0.1, -0.05) is 13.8 Å². The Labute approximate surface area is 94.0 Å². The topological polar surface area (TPSA) is 20.3 Å². The highest BCUT2D eigenvalue weighted by atomic mass is 16.1. The Hall–Kier alpha value is -0.370. The molecule has 0 N–H and O–H groups in total. The average Bonchev–Trinajstić information content (AvgIpc) is 2.18. The molecule has 1 saturated heterocycles. The summed E-state index contributed by atoms with van der Waals surface area (Å²) in [6.07, 6.45) is 3.29. The Bertz CT molecular complexity index is 211. The standard InChI is InChI=1S/C13H25NO/c1-10(2)13(15)8-12-6-5-7-14(9-12)11(3)4/h10-12H,5-9H2,1-4H3/t12-/m1/s1. The van der Waals surface area contributed by atoms with Crippen molar-refractivity contribution in [3.05, 3.63) is 0 Å². The van der Waals surface area contributed by atoms with Crippen LogP contribution >= 0.6 is 0 Å². The van der Waals surface area contributed by atoms with E-state index in [1.54, 1.807) is 0 Å². The lowest BCUT2D eigenvalue weighted by Gasteiger charge is -2.35. The van der Waals surface area contributed by atoms with Crippen molar-refractivity contribution in [1.82, 2.24) is 4.90 Å². The van der Waals surface area contributed by atoms with Crippen LogP contribution in [0.1, 0.15) is 47.0 Å². The number of Topliss-reactive ketones (excluding diaryl/α,β-unsaturated/α-hetero) is 1. The summed E-state index contributed by atoms with van der Waals surface area (Å²) in [5.74, 6) is 1.25. The van der Waals surface area contributed by atoms with Crippen molar-refractivity contribution in [3.8, 4) is 0 Å². The summed E-state index contributed by atoms with van der Waals surface area (Å²) in [6.45, 7) is 10.8. The van der Waals surface area contributed by atoms with Gasteiger partial charge in [0, 0.05) is 24.9 Å². The number of nitrogens with zero attached hydrogens (tertiary/aromatic N) is 1. The van der Waals surface area contributed by atoms with Crippen LogP contribution in [0, 0.1) is 11.8 Å². The fraction of sp³-hybridized carbons (Fsp3) is 0.923. The summed E-state index contributed by atoms with van der Waals surface area (Å²) in [7, 11) is 0. The molecule has 15 heavy (non-hydrogen) atoms. The molecule has 0 aromatic heterocycles. The van der Waals surface area contributed by atoms with Crippen molar-refractivity contribution in [2.75, 3.05) is 13.1 Å². The zero-order valence-corrected chi connectivity index (χ0v) is 10.6. The van der Waals surface area contributed by atoms with Crippen molar-refractivity contribution < 1.29 is 4.79 Å². The van der Waals surface area contributed by atoms with Gasteiger partial charge in [-0.2, -0.15) is 0 Å². The van der Waals surface area contributed by atoms with E-state index in [0.29, 0.717) is 17.7 Å². The van der Waals surface area contributed by atoms with Crippen LogP contribution in [0.3, 0.4) is 0 Å². The molecule has 88 valence electrons. The summed E-state index contributed by atoms with van der Waals surface area (Å²) < 4.78 is 0. The largest absolute Gasteiger partial charge is 0.301 e. The summed E-state index contributed by atoms with van der Waals surface area (Å²) in [5, 5.41) is 0. The van der Waals surface area contributed by atoms with Crippen LogP contribution in [0.15, 0.2) is 0 Å². The van der Waals surface area contributed by atoms with E-state index in [2.05, 4.69) is 18.7 Å².